The van der Waals surface area contributed by atoms with Crippen molar-refractivity contribution >= 4 is 5.91 Å². The Bertz CT molecular complexity index is 959. The number of nitriles is 1. The molecule has 0 aliphatic heterocycles. The first-order valence-corrected chi connectivity index (χ1v) is 9.77. The van der Waals surface area contributed by atoms with Crippen LogP contribution >= 0.6 is 0 Å². The number of rotatable bonds is 5. The van der Waals surface area contributed by atoms with Gasteiger partial charge in [-0.05, 0) is 30.0 Å². The van der Waals surface area contributed by atoms with Crippen LogP contribution in [0.25, 0.3) is 11.1 Å². The Morgan fingerprint density at radius 1 is 1.28 bits per heavy atom. The molecule has 0 saturated heterocycles. The van der Waals surface area contributed by atoms with Crippen LogP contribution in [0.15, 0.2) is 41.3 Å². The number of carbonyl (C=O) groups is 1. The topological polar surface area (TPSA) is 101 Å². The minimum Gasteiger partial charge on any atom is -0.338 e. The average Bonchev–Trinajstić information content (AvgIpc) is 2.72. The lowest BCUT2D eigenvalue weighted by atomic mass is 9.81. The molecular weight excluding hydrogens is 371 g/mol. The number of benzene rings is 1. The molecule has 0 spiro atoms. The van der Waals surface area contributed by atoms with Crippen LogP contribution in [0, 0.1) is 17.1 Å². The average molecular weight is 396 g/mol. The molecule has 1 heterocycles. The van der Waals surface area contributed by atoms with E-state index in [0.717, 1.165) is 30.4 Å². The van der Waals surface area contributed by atoms with Gasteiger partial charge in [0.15, 0.2) is 5.82 Å². The fraction of sp³-hybridized carbons (Fsp3) is 0.409. The number of hydrogen-bond acceptors (Lipinski definition) is 4. The predicted octanol–water partition coefficient (Wildman–Crippen LogP) is 2.40. The summed E-state index contributed by atoms with van der Waals surface area (Å²) in [6, 6.07) is 9.92. The van der Waals surface area contributed by atoms with E-state index >= 15 is 0 Å². The van der Waals surface area contributed by atoms with Gasteiger partial charge in [-0.2, -0.15) is 5.26 Å². The zero-order valence-electron chi connectivity index (χ0n) is 16.5. The molecule has 29 heavy (non-hydrogen) atoms. The zero-order valence-corrected chi connectivity index (χ0v) is 16.5. The van der Waals surface area contributed by atoms with E-state index in [1.165, 1.54) is 17.7 Å². The van der Waals surface area contributed by atoms with Gasteiger partial charge in [0, 0.05) is 25.2 Å². The second kappa shape index (κ2) is 8.58. The number of pyridine rings is 1. The van der Waals surface area contributed by atoms with Crippen LogP contribution in [0.5, 0.6) is 0 Å². The molecule has 0 bridgehead atoms. The lowest BCUT2D eigenvalue weighted by Gasteiger charge is -2.32. The SMILES string of the molecule is Cn1cc(-c2ccc(C[C@@H](C#N)NC(=O)C3(N)CCCCC3)cc2)cc(F)c1=O. The fourth-order valence-corrected chi connectivity index (χ4v) is 3.74. The summed E-state index contributed by atoms with van der Waals surface area (Å²) in [5.41, 5.74) is 6.89. The Balaban J connectivity index is 1.69. The maximum atomic E-state index is 13.7. The van der Waals surface area contributed by atoms with Crippen molar-refractivity contribution < 1.29 is 9.18 Å². The first-order chi connectivity index (χ1) is 13.8. The maximum absolute atomic E-state index is 13.7. The van der Waals surface area contributed by atoms with Crippen molar-refractivity contribution in [2.45, 2.75) is 50.1 Å². The molecule has 2 aromatic rings. The highest BCUT2D eigenvalue weighted by atomic mass is 19.1. The molecule has 1 aromatic carbocycles. The van der Waals surface area contributed by atoms with E-state index in [0.29, 0.717) is 24.8 Å². The molecule has 1 aliphatic carbocycles. The maximum Gasteiger partial charge on any atom is 0.286 e. The predicted molar refractivity (Wildman–Crippen MR) is 108 cm³/mol. The Morgan fingerprint density at radius 2 is 1.93 bits per heavy atom. The Hall–Kier alpha value is -2.98. The van der Waals surface area contributed by atoms with Gasteiger partial charge in [-0.1, -0.05) is 43.5 Å². The molecule has 7 heteroatoms. The van der Waals surface area contributed by atoms with E-state index in [1.807, 2.05) is 12.1 Å². The van der Waals surface area contributed by atoms with E-state index in [9.17, 15) is 19.2 Å². The van der Waals surface area contributed by atoms with Crippen molar-refractivity contribution in [3.8, 4) is 17.2 Å². The third-order valence-electron chi connectivity index (χ3n) is 5.53. The molecule has 1 atom stereocenters. The monoisotopic (exact) mass is 396 g/mol. The van der Waals surface area contributed by atoms with Crippen molar-refractivity contribution in [1.29, 1.82) is 5.26 Å². The van der Waals surface area contributed by atoms with Crippen LogP contribution in [-0.4, -0.2) is 22.1 Å². The minimum absolute atomic E-state index is 0.263. The second-order valence-electron chi connectivity index (χ2n) is 7.77. The van der Waals surface area contributed by atoms with Crippen LogP contribution in [0.3, 0.4) is 0 Å². The van der Waals surface area contributed by atoms with Gasteiger partial charge in [-0.15, -0.1) is 0 Å². The number of nitrogens with one attached hydrogen (secondary N) is 1. The molecule has 3 rings (SSSR count). The van der Waals surface area contributed by atoms with Crippen molar-refractivity contribution in [1.82, 2.24) is 9.88 Å². The molecular formula is C22H25FN4O2. The highest BCUT2D eigenvalue weighted by Gasteiger charge is 2.36. The summed E-state index contributed by atoms with van der Waals surface area (Å²) in [6.07, 6.45) is 6.13. The Kier molecular flexibility index (Phi) is 6.14. The lowest BCUT2D eigenvalue weighted by molar-refractivity contribution is -0.127. The summed E-state index contributed by atoms with van der Waals surface area (Å²) in [6.45, 7) is 0. The number of hydrogen-bond donors (Lipinski definition) is 2. The van der Waals surface area contributed by atoms with Crippen molar-refractivity contribution in [2.75, 3.05) is 0 Å². The highest BCUT2D eigenvalue weighted by molar-refractivity contribution is 5.86. The van der Waals surface area contributed by atoms with Gasteiger partial charge >= 0.3 is 0 Å². The van der Waals surface area contributed by atoms with Gasteiger partial charge in [0.05, 0.1) is 11.6 Å². The summed E-state index contributed by atoms with van der Waals surface area (Å²) >= 11 is 0. The third kappa shape index (κ3) is 4.72. The first kappa shape index (κ1) is 20.7. The van der Waals surface area contributed by atoms with Gasteiger partial charge in [0.1, 0.15) is 6.04 Å². The smallest absolute Gasteiger partial charge is 0.286 e. The van der Waals surface area contributed by atoms with E-state index < -0.39 is 23.0 Å². The number of nitrogens with two attached hydrogens (primary N) is 1. The van der Waals surface area contributed by atoms with Crippen LogP contribution in [0.1, 0.15) is 37.7 Å². The standard InChI is InChI=1S/C22H25FN4O2/c1-27-14-17(12-19(23)20(27)28)16-7-5-15(6-8-16)11-18(13-24)26-21(29)22(25)9-3-2-4-10-22/h5-8,12,14,18H,2-4,9-11,25H2,1H3,(H,26,29)/t18-/m0/s1. The Morgan fingerprint density at radius 3 is 2.52 bits per heavy atom. The second-order valence-corrected chi connectivity index (χ2v) is 7.77. The number of aromatic nitrogens is 1. The molecule has 0 radical (unpaired) electrons. The lowest BCUT2D eigenvalue weighted by Crippen LogP contribution is -2.57. The molecule has 0 unspecified atom stereocenters. The van der Waals surface area contributed by atoms with Crippen molar-refractivity contribution in [2.24, 2.45) is 12.8 Å². The van der Waals surface area contributed by atoms with Crippen LogP contribution < -0.4 is 16.6 Å². The quantitative estimate of drug-likeness (QED) is 0.810. The number of amides is 1. The number of halogens is 1. The first-order valence-electron chi connectivity index (χ1n) is 9.77. The summed E-state index contributed by atoms with van der Waals surface area (Å²) < 4.78 is 14.9. The van der Waals surface area contributed by atoms with Gasteiger partial charge in [-0.25, -0.2) is 4.39 Å². The largest absolute Gasteiger partial charge is 0.338 e. The van der Waals surface area contributed by atoms with Gasteiger partial charge in [0.2, 0.25) is 5.91 Å². The van der Waals surface area contributed by atoms with Gasteiger partial charge in [0.25, 0.3) is 5.56 Å². The summed E-state index contributed by atoms with van der Waals surface area (Å²) in [5.74, 6) is -1.07. The number of nitrogens with zero attached hydrogens (tertiary/aromatic N) is 2. The summed E-state index contributed by atoms with van der Waals surface area (Å²) in [7, 11) is 1.50. The van der Waals surface area contributed by atoms with Crippen LogP contribution in [0.2, 0.25) is 0 Å². The van der Waals surface area contributed by atoms with Crippen LogP contribution in [-0.2, 0) is 18.3 Å². The number of carbonyl (C=O) groups excluding carboxylic acids is 1. The Labute approximate surface area is 169 Å². The molecule has 1 aliphatic rings. The summed E-state index contributed by atoms with van der Waals surface area (Å²) in [5, 5.41) is 12.2. The van der Waals surface area contributed by atoms with Crippen molar-refractivity contribution in [3.63, 3.8) is 0 Å². The minimum atomic E-state index is -0.884. The normalized spacial score (nSPS) is 16.6. The fourth-order valence-electron chi connectivity index (χ4n) is 3.74. The molecule has 1 saturated carbocycles. The molecule has 6 nitrogen and oxygen atoms in total. The molecule has 152 valence electrons. The van der Waals surface area contributed by atoms with E-state index in [-0.39, 0.29) is 5.91 Å². The van der Waals surface area contributed by atoms with E-state index in [1.54, 1.807) is 18.3 Å². The van der Waals surface area contributed by atoms with E-state index in [2.05, 4.69) is 11.4 Å². The molecule has 1 fully saturated rings. The van der Waals surface area contributed by atoms with Crippen molar-refractivity contribution in [3.05, 3.63) is 58.3 Å². The van der Waals surface area contributed by atoms with Gasteiger partial charge in [-0.3, -0.25) is 9.59 Å². The summed E-state index contributed by atoms with van der Waals surface area (Å²) in [4.78, 5) is 24.1. The molecule has 1 amide bonds. The molecule has 1 aromatic heterocycles. The van der Waals surface area contributed by atoms with Crippen LogP contribution in [0.4, 0.5) is 4.39 Å². The third-order valence-corrected chi connectivity index (χ3v) is 5.53. The zero-order chi connectivity index (χ0) is 21.0. The van der Waals surface area contributed by atoms with E-state index in [4.69, 9.17) is 5.73 Å². The number of aryl methyl sites for hydroxylation is 1. The van der Waals surface area contributed by atoms with Gasteiger partial charge < -0.3 is 15.6 Å². The highest BCUT2D eigenvalue weighted by Crippen LogP contribution is 2.26. The molecule has 3 N–H and O–H groups in total.